The summed E-state index contributed by atoms with van der Waals surface area (Å²) in [4.78, 5) is 58.5. The molecule has 1 aromatic rings. The fourth-order valence-corrected chi connectivity index (χ4v) is 5.13. The number of hydrogen-bond donors (Lipinski definition) is 2. The SMILES string of the molecule is Cc1cn(C2CC(O)C(COP(=O)([O-])OP(=O)([O-])OP(=O)([O-])[O-])O2)c(=O)nc1N.[Na+].[Na+].[Na+].[Na+]. The minimum atomic E-state index is -6.11. The zero-order valence-corrected chi connectivity index (χ0v) is 29.1. The van der Waals surface area contributed by atoms with Gasteiger partial charge in [-0.1, -0.05) is 0 Å². The minimum Gasteiger partial charge on any atom is -0.790 e. The summed E-state index contributed by atoms with van der Waals surface area (Å²) < 4.78 is 49.8. The Bertz CT molecular complexity index is 977. The Kier molecular flexibility index (Phi) is 19.9. The van der Waals surface area contributed by atoms with E-state index in [9.17, 15) is 43.2 Å². The molecule has 16 nitrogen and oxygen atoms in total. The van der Waals surface area contributed by atoms with Gasteiger partial charge in [0.15, 0.2) is 0 Å². The first-order chi connectivity index (χ1) is 13.1. The Morgan fingerprint density at radius 2 is 1.70 bits per heavy atom. The summed E-state index contributed by atoms with van der Waals surface area (Å²) in [5.74, 6) is -0.0147. The maximum atomic E-state index is 11.9. The van der Waals surface area contributed by atoms with Crippen molar-refractivity contribution in [2.45, 2.75) is 31.8 Å². The van der Waals surface area contributed by atoms with Crippen LogP contribution in [0.4, 0.5) is 5.82 Å². The number of aliphatic hydroxyl groups is 1. The van der Waals surface area contributed by atoms with Crippen LogP contribution < -0.4 is 149 Å². The van der Waals surface area contributed by atoms with Crippen molar-refractivity contribution in [3.8, 4) is 0 Å². The predicted molar refractivity (Wildman–Crippen MR) is 83.1 cm³/mol. The van der Waals surface area contributed by atoms with Crippen LogP contribution >= 0.6 is 23.5 Å². The number of phosphoric acid groups is 3. The quantitative estimate of drug-likeness (QED) is 0.218. The molecule has 2 heterocycles. The molecule has 0 aliphatic carbocycles. The topological polar surface area (TPSA) is 262 Å². The third-order valence-corrected chi connectivity index (χ3v) is 7.15. The van der Waals surface area contributed by atoms with Gasteiger partial charge in [-0.25, -0.2) is 9.11 Å². The largest absolute Gasteiger partial charge is 1.00 e. The fourth-order valence-electron chi connectivity index (χ4n) is 2.27. The Hall–Kier alpha value is 3.01. The predicted octanol–water partition coefficient (Wildman–Crippen LogP) is -15.4. The van der Waals surface area contributed by atoms with Crippen LogP contribution in [0.15, 0.2) is 11.0 Å². The van der Waals surface area contributed by atoms with E-state index in [4.69, 9.17) is 10.5 Å². The molecule has 1 aromatic heterocycles. The van der Waals surface area contributed by atoms with Crippen LogP contribution in [-0.4, -0.2) is 33.5 Å². The van der Waals surface area contributed by atoms with E-state index in [1.54, 1.807) is 6.92 Å². The van der Waals surface area contributed by atoms with Gasteiger partial charge in [0.1, 0.15) is 18.1 Å². The van der Waals surface area contributed by atoms with Gasteiger partial charge in [0, 0.05) is 18.2 Å². The Labute approximate surface area is 275 Å². The van der Waals surface area contributed by atoms with Crippen LogP contribution in [-0.2, 0) is 31.6 Å². The molecule has 1 aliphatic rings. The fraction of sp³-hybridized carbons (Fsp3) is 0.600. The van der Waals surface area contributed by atoms with Crippen LogP contribution in [0.2, 0.25) is 0 Å². The van der Waals surface area contributed by atoms with Gasteiger partial charge >= 0.3 is 124 Å². The summed E-state index contributed by atoms with van der Waals surface area (Å²) >= 11 is 0. The van der Waals surface area contributed by atoms with Gasteiger partial charge < -0.3 is 44.2 Å². The van der Waals surface area contributed by atoms with Gasteiger partial charge in [-0.05, 0) is 6.92 Å². The Morgan fingerprint density at radius 1 is 1.15 bits per heavy atom. The number of aliphatic hydroxyl groups excluding tert-OH is 1. The van der Waals surface area contributed by atoms with Crippen LogP contribution in [0.25, 0.3) is 0 Å². The van der Waals surface area contributed by atoms with E-state index in [1.165, 1.54) is 6.20 Å². The number of rotatable bonds is 8. The van der Waals surface area contributed by atoms with Crippen molar-refractivity contribution < 1.29 is 174 Å². The van der Waals surface area contributed by atoms with Gasteiger partial charge in [0.25, 0.3) is 15.6 Å². The molecule has 0 spiro atoms. The van der Waals surface area contributed by atoms with E-state index >= 15 is 0 Å². The smallest absolute Gasteiger partial charge is 0.790 e. The molecular weight excluding hydrogens is 555 g/mol. The molecule has 0 amide bonds. The number of aromatic nitrogens is 2. The zero-order valence-electron chi connectivity index (χ0n) is 18.4. The summed E-state index contributed by atoms with van der Waals surface area (Å²) in [6.07, 6.45) is -2.63. The second-order valence-corrected chi connectivity index (χ2v) is 9.98. The molecule has 1 fully saturated rings. The number of anilines is 1. The molecule has 2 rings (SSSR count). The molecule has 0 bridgehead atoms. The maximum Gasteiger partial charge on any atom is 1.00 e. The Morgan fingerprint density at radius 3 is 2.21 bits per heavy atom. The second kappa shape index (κ2) is 16.2. The summed E-state index contributed by atoms with van der Waals surface area (Å²) in [6.45, 7) is 0.586. The van der Waals surface area contributed by atoms with Gasteiger partial charge in [-0.3, -0.25) is 18.0 Å². The van der Waals surface area contributed by atoms with Gasteiger partial charge in [-0.15, -0.1) is 0 Å². The zero-order chi connectivity index (χ0) is 22.2. The average Bonchev–Trinajstić information content (AvgIpc) is 2.86. The van der Waals surface area contributed by atoms with E-state index < -0.39 is 54.2 Å². The number of phosphoric ester groups is 1. The monoisotopic (exact) mass is 569 g/mol. The van der Waals surface area contributed by atoms with E-state index in [2.05, 4.69) is 18.1 Å². The summed E-state index contributed by atoms with van der Waals surface area (Å²) in [5.41, 5.74) is 5.13. The molecule has 1 aliphatic heterocycles. The average molecular weight is 569 g/mol. The molecule has 0 radical (unpaired) electrons. The second-order valence-electron chi connectivity index (χ2n) is 5.73. The van der Waals surface area contributed by atoms with Crippen LogP contribution in [0.5, 0.6) is 0 Å². The van der Waals surface area contributed by atoms with Crippen molar-refractivity contribution in [1.29, 1.82) is 0 Å². The number of nitrogens with two attached hydrogens (primary N) is 1. The number of ether oxygens (including phenoxy) is 1. The van der Waals surface area contributed by atoms with Gasteiger partial charge in [-0.2, -0.15) is 4.98 Å². The molecule has 0 aromatic carbocycles. The van der Waals surface area contributed by atoms with Crippen molar-refractivity contribution in [2.24, 2.45) is 0 Å². The molecule has 5 atom stereocenters. The van der Waals surface area contributed by atoms with Crippen molar-refractivity contribution in [3.05, 3.63) is 22.2 Å². The summed E-state index contributed by atoms with van der Waals surface area (Å²) in [7, 11) is -17.9. The van der Waals surface area contributed by atoms with Crippen molar-refractivity contribution >= 4 is 29.3 Å². The molecule has 1 saturated heterocycles. The van der Waals surface area contributed by atoms with E-state index in [-0.39, 0.29) is 130 Å². The molecule has 5 unspecified atom stereocenters. The van der Waals surface area contributed by atoms with Crippen molar-refractivity contribution in [2.75, 3.05) is 12.3 Å². The molecule has 0 saturated carbocycles. The van der Waals surface area contributed by atoms with Gasteiger partial charge in [0.05, 0.1) is 20.5 Å². The van der Waals surface area contributed by atoms with Crippen LogP contribution in [0.1, 0.15) is 18.2 Å². The molecule has 23 heteroatoms. The molecular formula is C10H14N3Na4O13P3. The number of nitrogen functional groups attached to an aromatic ring is 1. The molecule has 33 heavy (non-hydrogen) atoms. The normalized spacial score (nSPS) is 23.5. The Balaban J connectivity index is -0.00000225. The first-order valence-electron chi connectivity index (χ1n) is 7.49. The van der Waals surface area contributed by atoms with Crippen LogP contribution in [0.3, 0.4) is 0 Å². The standard InChI is InChI=1S/C10H18N3O13P3.4Na/c1-5-3-13(10(15)12-9(5)11)8-2-6(14)7(24-8)4-23-28(19,20)26-29(21,22)25-27(16,17)18;;;;/h3,6-8,14H,2,4H2,1H3,(H,19,20)(H,21,22)(H2,11,12,15)(H2,16,17,18);;;;/q;4*+1/p-4. The first kappa shape index (κ1) is 40.5. The van der Waals surface area contributed by atoms with Crippen molar-refractivity contribution in [1.82, 2.24) is 9.55 Å². The summed E-state index contributed by atoms with van der Waals surface area (Å²) in [6, 6.07) is 0. The maximum absolute atomic E-state index is 11.9. The van der Waals surface area contributed by atoms with Crippen molar-refractivity contribution in [3.63, 3.8) is 0 Å². The molecule has 3 N–H and O–H groups in total. The minimum absolute atomic E-state index is 0. The first-order valence-corrected chi connectivity index (χ1v) is 11.9. The van der Waals surface area contributed by atoms with E-state index in [0.717, 1.165) is 4.57 Å². The van der Waals surface area contributed by atoms with Gasteiger partial charge in [0.2, 0.25) is 0 Å². The van der Waals surface area contributed by atoms with Crippen LogP contribution in [0, 0.1) is 6.92 Å². The summed E-state index contributed by atoms with van der Waals surface area (Å²) in [5, 5.41) is 9.96. The third kappa shape index (κ3) is 13.6. The third-order valence-electron chi connectivity index (χ3n) is 3.49. The van der Waals surface area contributed by atoms with E-state index in [0.29, 0.717) is 5.56 Å². The molecule has 166 valence electrons. The van der Waals surface area contributed by atoms with E-state index in [1.807, 2.05) is 0 Å². The number of hydrogen-bond acceptors (Lipinski definition) is 15. The number of aryl methyl sites for hydroxylation is 1. The number of nitrogens with zero attached hydrogens (tertiary/aromatic N) is 2.